The molecular formula is C114H82N10. The van der Waals surface area contributed by atoms with Crippen LogP contribution in [0, 0.1) is 27.7 Å². The Bertz CT molecular complexity index is 7620. The maximum Gasteiger partial charge on any atom is 0.137 e. The van der Waals surface area contributed by atoms with Gasteiger partial charge in [0.05, 0.1) is 67.3 Å². The van der Waals surface area contributed by atoms with E-state index in [1.54, 1.807) is 0 Å². The van der Waals surface area contributed by atoms with Crippen LogP contribution in [0.4, 0.5) is 0 Å². The molecule has 12 aromatic heterocycles. The number of hydrogen-bond acceptors (Lipinski definition) is 2. The van der Waals surface area contributed by atoms with Crippen LogP contribution in [0.25, 0.3) is 201 Å². The van der Waals surface area contributed by atoms with E-state index in [1.807, 2.05) is 48.8 Å². The van der Waals surface area contributed by atoms with Gasteiger partial charge >= 0.3 is 0 Å². The van der Waals surface area contributed by atoms with Crippen LogP contribution >= 0.6 is 0 Å². The van der Waals surface area contributed by atoms with Crippen LogP contribution in [-0.4, -0.2) is 45.8 Å². The van der Waals surface area contributed by atoms with E-state index in [0.717, 1.165) is 101 Å². The van der Waals surface area contributed by atoms with Gasteiger partial charge in [-0.15, -0.1) is 0 Å². The van der Waals surface area contributed by atoms with Crippen molar-refractivity contribution in [1.82, 2.24) is 45.8 Å². The SMILES string of the molecule is Cc1ccc(-c2cc3cc4c(cc(-c5ccc(C)cc5)n4-c4ccc(-c5cn6ccccc6c5-c5ccccc5)cc4)cc3n2-c2ccc(-c3cn4ccccc4c3-c3ccccc3)cc2)cc1.Cc1ccc(-c2cc3cc4c(cc(-c5ccc(C)cc5)n4-c4ccc(-c5cn6ccccc6n5)cc4)cc3n2-c2ccc(-c3cn4ccccc4n3)cc2)cc1. The topological polar surface area (TPSA) is 63.1 Å². The lowest BCUT2D eigenvalue weighted by Gasteiger charge is -2.14. The highest BCUT2D eigenvalue weighted by Crippen LogP contribution is 2.45. The molecule has 24 aromatic rings. The number of fused-ring (bicyclic) bond motifs is 8. The number of aromatic nitrogens is 10. The number of rotatable bonds is 14. The van der Waals surface area contributed by atoms with Crippen molar-refractivity contribution >= 4 is 65.9 Å². The zero-order chi connectivity index (χ0) is 82.6. The third kappa shape index (κ3) is 12.9. The van der Waals surface area contributed by atoms with Gasteiger partial charge in [0.25, 0.3) is 0 Å². The Morgan fingerprint density at radius 3 is 0.742 bits per heavy atom. The summed E-state index contributed by atoms with van der Waals surface area (Å²) in [6, 6.07) is 137. The van der Waals surface area contributed by atoms with Gasteiger partial charge in [-0.25, -0.2) is 9.97 Å². The van der Waals surface area contributed by atoms with Crippen LogP contribution in [0.15, 0.2) is 426 Å². The average molecular weight is 1590 g/mol. The first-order valence-electron chi connectivity index (χ1n) is 42.4. The van der Waals surface area contributed by atoms with Crippen molar-refractivity contribution in [1.29, 1.82) is 0 Å². The van der Waals surface area contributed by atoms with Crippen molar-refractivity contribution in [3.8, 4) is 135 Å². The molecule has 0 N–H and O–H groups in total. The summed E-state index contributed by atoms with van der Waals surface area (Å²) in [5.74, 6) is 0. The fourth-order valence-corrected chi connectivity index (χ4v) is 18.5. The zero-order valence-electron chi connectivity index (χ0n) is 68.9. The van der Waals surface area contributed by atoms with Gasteiger partial charge in [-0.1, -0.05) is 253 Å². The molecule has 10 heteroatoms. The van der Waals surface area contributed by atoms with E-state index < -0.39 is 0 Å². The van der Waals surface area contributed by atoms with Gasteiger partial charge in [0.2, 0.25) is 0 Å². The van der Waals surface area contributed by atoms with Gasteiger partial charge < -0.3 is 35.9 Å². The molecule has 0 amide bonds. The fraction of sp³-hybridized carbons (Fsp3) is 0.0351. The van der Waals surface area contributed by atoms with E-state index in [2.05, 4.69) is 440 Å². The highest BCUT2D eigenvalue weighted by Gasteiger charge is 2.25. The quantitative estimate of drug-likeness (QED) is 0.109. The maximum absolute atomic E-state index is 4.88. The lowest BCUT2D eigenvalue weighted by Crippen LogP contribution is -1.98. The molecular weight excluding hydrogens is 1510 g/mol. The normalized spacial score (nSPS) is 11.7. The summed E-state index contributed by atoms with van der Waals surface area (Å²) in [7, 11) is 0. The summed E-state index contributed by atoms with van der Waals surface area (Å²) in [5.41, 5.74) is 41.4. The summed E-state index contributed by atoms with van der Waals surface area (Å²) in [6.45, 7) is 8.58. The molecule has 24 rings (SSSR count). The van der Waals surface area contributed by atoms with E-state index in [1.165, 1.54) is 122 Å². The Labute approximate surface area is 717 Å². The number of imidazole rings is 2. The summed E-state index contributed by atoms with van der Waals surface area (Å²) < 4.78 is 18.3. The molecule has 0 aliphatic heterocycles. The highest BCUT2D eigenvalue weighted by atomic mass is 15.0. The average Bonchev–Trinajstić information content (AvgIpc) is 1.58. The molecule has 0 bridgehead atoms. The molecule has 0 aliphatic rings. The molecule has 0 aliphatic carbocycles. The predicted octanol–water partition coefficient (Wildman–Crippen LogP) is 28.9. The molecule has 10 nitrogen and oxygen atoms in total. The molecule has 0 radical (unpaired) electrons. The van der Waals surface area contributed by atoms with Crippen LogP contribution in [0.3, 0.4) is 0 Å². The third-order valence-corrected chi connectivity index (χ3v) is 24.8. The largest absolute Gasteiger partial charge is 0.323 e. The Balaban J connectivity index is 0.000000146. The van der Waals surface area contributed by atoms with Gasteiger partial charge in [0, 0.05) is 127 Å². The summed E-state index contributed by atoms with van der Waals surface area (Å²) in [4.78, 5) is 9.75. The summed E-state index contributed by atoms with van der Waals surface area (Å²) in [5, 5.41) is 4.71. The van der Waals surface area contributed by atoms with E-state index >= 15 is 0 Å². The monoisotopic (exact) mass is 1590 g/mol. The lowest BCUT2D eigenvalue weighted by molar-refractivity contribution is 1.13. The molecule has 588 valence electrons. The highest BCUT2D eigenvalue weighted by molar-refractivity contribution is 6.05. The van der Waals surface area contributed by atoms with Crippen LogP contribution in [0.1, 0.15) is 22.3 Å². The van der Waals surface area contributed by atoms with E-state index in [0.29, 0.717) is 0 Å². The second-order valence-electron chi connectivity index (χ2n) is 32.8. The van der Waals surface area contributed by atoms with Crippen molar-refractivity contribution in [2.75, 3.05) is 0 Å². The first-order chi connectivity index (χ1) is 61.0. The zero-order valence-corrected chi connectivity index (χ0v) is 68.9. The van der Waals surface area contributed by atoms with Gasteiger partial charge in [-0.3, -0.25) is 0 Å². The molecule has 0 spiro atoms. The number of nitrogens with zero attached hydrogens (tertiary/aromatic N) is 10. The minimum atomic E-state index is 0.938. The Morgan fingerprint density at radius 2 is 0.452 bits per heavy atom. The van der Waals surface area contributed by atoms with Crippen molar-refractivity contribution in [2.45, 2.75) is 27.7 Å². The van der Waals surface area contributed by atoms with Crippen molar-refractivity contribution < 1.29 is 0 Å². The van der Waals surface area contributed by atoms with Crippen LogP contribution in [0.2, 0.25) is 0 Å². The lowest BCUT2D eigenvalue weighted by atomic mass is 9.97. The fourth-order valence-electron chi connectivity index (χ4n) is 18.5. The Hall–Kier alpha value is -16.3. The standard InChI is InChI=1S/C64H46N4.C50H36N6/c1-43-19-23-47(24-20-43)59-37-51-39-62-52(40-61(51)67(59)53-31-27-45(28-32-53)55-41-65-35-11-9-17-57(65)63(55)49-13-5-3-6-14-49)38-60(48-25-21-44(2)22-26-48)68(62)54-33-29-46(30-34-54)56-42-66-36-12-10-18-58(66)64(56)50-15-7-4-8-16-50;1-33-9-13-37(14-10-33)45-27-39-29-48-40(30-47(39)55(45)41-21-17-35(18-22-41)43-31-53-25-5-3-7-49(53)51-43)28-46(38-15-11-34(2)12-16-38)56(48)42-23-19-36(20-24-42)44-32-54-26-6-4-8-50(54)52-44/h3-42H,1-2H3;3-32H,1-2H3. The molecule has 0 atom stereocenters. The first-order valence-corrected chi connectivity index (χ1v) is 42.4. The molecule has 0 saturated carbocycles. The minimum absolute atomic E-state index is 0.938. The van der Waals surface area contributed by atoms with Crippen LogP contribution in [-0.2, 0) is 0 Å². The van der Waals surface area contributed by atoms with E-state index in [9.17, 15) is 0 Å². The molecule has 0 saturated heterocycles. The second-order valence-corrected chi connectivity index (χ2v) is 32.8. The van der Waals surface area contributed by atoms with E-state index in [4.69, 9.17) is 9.97 Å². The Morgan fingerprint density at radius 1 is 0.194 bits per heavy atom. The minimum Gasteiger partial charge on any atom is -0.323 e. The van der Waals surface area contributed by atoms with Crippen molar-refractivity contribution in [3.63, 3.8) is 0 Å². The first kappa shape index (κ1) is 72.9. The van der Waals surface area contributed by atoms with Crippen LogP contribution in [0.5, 0.6) is 0 Å². The number of pyridine rings is 4. The molecule has 0 unspecified atom stereocenters. The molecule has 0 fully saturated rings. The third-order valence-electron chi connectivity index (χ3n) is 24.8. The predicted molar refractivity (Wildman–Crippen MR) is 513 cm³/mol. The number of hydrogen-bond donors (Lipinski definition) is 0. The Kier molecular flexibility index (Phi) is 17.6. The molecule has 12 heterocycles. The molecule has 12 aromatic carbocycles. The summed E-state index contributed by atoms with van der Waals surface area (Å²) in [6.07, 6.45) is 17.1. The van der Waals surface area contributed by atoms with Gasteiger partial charge in [-0.05, 0) is 218 Å². The smallest absolute Gasteiger partial charge is 0.137 e. The van der Waals surface area contributed by atoms with Crippen molar-refractivity contribution in [2.24, 2.45) is 0 Å². The van der Waals surface area contributed by atoms with Crippen LogP contribution < -0.4 is 0 Å². The van der Waals surface area contributed by atoms with Gasteiger partial charge in [-0.2, -0.15) is 0 Å². The van der Waals surface area contributed by atoms with Crippen molar-refractivity contribution in [3.05, 3.63) is 448 Å². The van der Waals surface area contributed by atoms with Gasteiger partial charge in [0.15, 0.2) is 0 Å². The second kappa shape index (κ2) is 29.9. The van der Waals surface area contributed by atoms with Gasteiger partial charge in [0.1, 0.15) is 11.3 Å². The number of benzene rings is 12. The molecule has 124 heavy (non-hydrogen) atoms. The van der Waals surface area contributed by atoms with E-state index in [-0.39, 0.29) is 0 Å². The maximum atomic E-state index is 4.88. The number of aryl methyl sites for hydroxylation is 4. The summed E-state index contributed by atoms with van der Waals surface area (Å²) >= 11 is 0.